The molecule has 3 atom stereocenters. The van der Waals surface area contributed by atoms with Crippen LogP contribution < -0.4 is 21.7 Å². The maximum absolute atomic E-state index is 12.5. The lowest BCUT2D eigenvalue weighted by Crippen LogP contribution is -2.48. The average molecular weight is 451 g/mol. The molecule has 0 radical (unpaired) electrons. The number of nitrogens with two attached hydrogens (primary N) is 1. The third-order valence-electron chi connectivity index (χ3n) is 5.03. The number of halogens is 1. The zero-order chi connectivity index (χ0) is 21.7. The van der Waals surface area contributed by atoms with E-state index in [1.165, 1.54) is 17.0 Å². The number of rotatable bonds is 7. The van der Waals surface area contributed by atoms with Crippen molar-refractivity contribution in [1.82, 2.24) is 20.9 Å². The van der Waals surface area contributed by atoms with Crippen LogP contribution in [0, 0.1) is 0 Å². The van der Waals surface area contributed by atoms with Gasteiger partial charge in [0, 0.05) is 35.3 Å². The molecule has 0 unspecified atom stereocenters. The third-order valence-corrected chi connectivity index (χ3v) is 5.03. The first-order chi connectivity index (χ1) is 14.4. The molecule has 0 spiro atoms. The van der Waals surface area contributed by atoms with Crippen LogP contribution in [-0.2, 0) is 14.4 Å². The summed E-state index contributed by atoms with van der Waals surface area (Å²) in [4.78, 5) is 52.1. The first-order valence-electron chi connectivity index (χ1n) is 9.44. The van der Waals surface area contributed by atoms with Gasteiger partial charge in [-0.3, -0.25) is 19.2 Å². The Morgan fingerprint density at radius 1 is 1.26 bits per heavy atom. The van der Waals surface area contributed by atoms with Crippen molar-refractivity contribution >= 4 is 41.7 Å². The van der Waals surface area contributed by atoms with Gasteiger partial charge in [0.05, 0.1) is 12.6 Å². The minimum Gasteiger partial charge on any atom is -0.368 e. The molecule has 0 aliphatic carbocycles. The van der Waals surface area contributed by atoms with E-state index in [0.29, 0.717) is 37.2 Å². The average Bonchev–Trinajstić information content (AvgIpc) is 3.30. The minimum absolute atomic E-state index is 0. The number of likely N-dealkylation sites (tertiary alicyclic amines) is 1. The number of carbonyl (C=O) groups is 4. The van der Waals surface area contributed by atoms with E-state index >= 15 is 0 Å². The molecule has 4 amide bonds. The second kappa shape index (κ2) is 10.6. The summed E-state index contributed by atoms with van der Waals surface area (Å²) >= 11 is 0. The normalized spacial score (nSPS) is 22.3. The number of benzene rings is 1. The molecule has 2 saturated heterocycles. The fourth-order valence-electron chi connectivity index (χ4n) is 3.54. The molecule has 0 saturated carbocycles. The highest BCUT2D eigenvalue weighted by Gasteiger charge is 2.36. The Morgan fingerprint density at radius 3 is 2.61 bits per heavy atom. The van der Waals surface area contributed by atoms with Crippen LogP contribution >= 0.6 is 12.4 Å². The lowest BCUT2D eigenvalue weighted by atomic mass is 10.1. The Bertz CT molecular complexity index is 902. The number of hydrogen-bond donors (Lipinski definition) is 4. The van der Waals surface area contributed by atoms with Gasteiger partial charge in [0.15, 0.2) is 0 Å². The quantitative estimate of drug-likeness (QED) is 0.252. The third kappa shape index (κ3) is 6.07. The molecule has 1 aromatic rings. The van der Waals surface area contributed by atoms with Crippen LogP contribution in [0.4, 0.5) is 5.69 Å². The number of azide groups is 1. The Kier molecular flexibility index (Phi) is 8.20. The molecule has 2 aliphatic rings. The van der Waals surface area contributed by atoms with E-state index in [1.807, 2.05) is 0 Å². The first-order valence-corrected chi connectivity index (χ1v) is 9.44. The molecule has 31 heavy (non-hydrogen) atoms. The molecular formula is C18H23ClN8O4. The maximum Gasteiger partial charge on any atom is 0.251 e. The van der Waals surface area contributed by atoms with Gasteiger partial charge in [0.1, 0.15) is 6.04 Å². The van der Waals surface area contributed by atoms with Gasteiger partial charge in [0.2, 0.25) is 17.7 Å². The number of nitrogens with one attached hydrogen (secondary N) is 3. The van der Waals surface area contributed by atoms with Crippen molar-refractivity contribution in [3.8, 4) is 0 Å². The van der Waals surface area contributed by atoms with Gasteiger partial charge < -0.3 is 26.6 Å². The number of carbonyl (C=O) groups excluding carboxylic acids is 4. The van der Waals surface area contributed by atoms with Gasteiger partial charge in [-0.1, -0.05) is 17.2 Å². The molecule has 2 heterocycles. The molecule has 0 bridgehead atoms. The predicted molar refractivity (Wildman–Crippen MR) is 112 cm³/mol. The highest BCUT2D eigenvalue weighted by atomic mass is 35.5. The fraction of sp³-hybridized carbons (Fsp3) is 0.444. The Morgan fingerprint density at radius 2 is 1.97 bits per heavy atom. The summed E-state index contributed by atoms with van der Waals surface area (Å²) in [5.74, 6) is -1.55. The summed E-state index contributed by atoms with van der Waals surface area (Å²) in [6.07, 6.45) is 0.789. The van der Waals surface area contributed by atoms with Crippen molar-refractivity contribution < 1.29 is 19.2 Å². The SMILES string of the molecule is Cl.[N-]=[N+]=Nc1ccc(C(=O)N[C@@H]2CN[C@H](C(=O)N[C@@H]3CCN(CC(N)=O)C3=O)C2)cc1. The molecule has 1 aromatic carbocycles. The molecule has 0 aromatic heterocycles. The lowest BCUT2D eigenvalue weighted by Gasteiger charge is -2.17. The zero-order valence-electron chi connectivity index (χ0n) is 16.5. The van der Waals surface area contributed by atoms with Crippen LogP contribution in [0.15, 0.2) is 29.4 Å². The number of primary amides is 1. The standard InChI is InChI=1S/C18H22N8O4.ClH/c19-15(27)9-26-6-5-13(18(26)30)23-17(29)14-7-12(8-21-14)22-16(28)10-1-3-11(4-2-10)24-25-20;/h1-4,12-14,21H,5-9H2,(H2,19,27)(H,22,28)(H,23,29);1H/t12-,13+,14-;/m0./s1. The van der Waals surface area contributed by atoms with E-state index in [-0.39, 0.29) is 42.7 Å². The van der Waals surface area contributed by atoms with Crippen molar-refractivity contribution in [1.29, 1.82) is 0 Å². The summed E-state index contributed by atoms with van der Waals surface area (Å²) in [6.45, 7) is 0.611. The minimum atomic E-state index is -0.679. The second-order valence-corrected chi connectivity index (χ2v) is 7.18. The van der Waals surface area contributed by atoms with E-state index in [9.17, 15) is 19.2 Å². The van der Waals surface area contributed by atoms with Crippen LogP contribution in [-0.4, -0.2) is 66.3 Å². The molecule has 166 valence electrons. The van der Waals surface area contributed by atoms with Crippen molar-refractivity contribution in [2.24, 2.45) is 10.8 Å². The van der Waals surface area contributed by atoms with Crippen molar-refractivity contribution in [3.63, 3.8) is 0 Å². The monoisotopic (exact) mass is 450 g/mol. The Balaban J connectivity index is 0.00000341. The van der Waals surface area contributed by atoms with Crippen LogP contribution in [0.2, 0.25) is 0 Å². The number of nitrogens with zero attached hydrogens (tertiary/aromatic N) is 4. The van der Waals surface area contributed by atoms with Crippen LogP contribution in [0.5, 0.6) is 0 Å². The molecule has 5 N–H and O–H groups in total. The van der Waals surface area contributed by atoms with Crippen LogP contribution in [0.25, 0.3) is 10.4 Å². The van der Waals surface area contributed by atoms with E-state index in [4.69, 9.17) is 11.3 Å². The molecule has 3 rings (SSSR count). The van der Waals surface area contributed by atoms with Gasteiger partial charge >= 0.3 is 0 Å². The highest BCUT2D eigenvalue weighted by molar-refractivity contribution is 5.95. The summed E-state index contributed by atoms with van der Waals surface area (Å²) in [7, 11) is 0. The smallest absolute Gasteiger partial charge is 0.251 e. The summed E-state index contributed by atoms with van der Waals surface area (Å²) in [5.41, 5.74) is 14.3. The van der Waals surface area contributed by atoms with E-state index < -0.39 is 18.0 Å². The van der Waals surface area contributed by atoms with Crippen molar-refractivity contribution in [2.75, 3.05) is 19.6 Å². The van der Waals surface area contributed by atoms with Gasteiger partial charge in [-0.05, 0) is 30.5 Å². The highest BCUT2D eigenvalue weighted by Crippen LogP contribution is 2.15. The lowest BCUT2D eigenvalue weighted by molar-refractivity contribution is -0.135. The Hall–Kier alpha value is -3.34. The zero-order valence-corrected chi connectivity index (χ0v) is 17.3. The van der Waals surface area contributed by atoms with E-state index in [0.717, 1.165) is 0 Å². The summed E-state index contributed by atoms with van der Waals surface area (Å²) < 4.78 is 0. The van der Waals surface area contributed by atoms with Gasteiger partial charge in [-0.2, -0.15) is 0 Å². The maximum atomic E-state index is 12.5. The predicted octanol–water partition coefficient (Wildman–Crippen LogP) is -0.287. The van der Waals surface area contributed by atoms with E-state index in [2.05, 4.69) is 26.0 Å². The number of amides is 4. The first kappa shape index (κ1) is 23.9. The van der Waals surface area contributed by atoms with Crippen molar-refractivity contribution in [2.45, 2.75) is 31.0 Å². The van der Waals surface area contributed by atoms with Crippen LogP contribution in [0.1, 0.15) is 23.2 Å². The second-order valence-electron chi connectivity index (χ2n) is 7.18. The topological polar surface area (TPSA) is 182 Å². The fourth-order valence-corrected chi connectivity index (χ4v) is 3.54. The Labute approximate surface area is 183 Å². The molecule has 13 heteroatoms. The van der Waals surface area contributed by atoms with Crippen LogP contribution in [0.3, 0.4) is 0 Å². The molecular weight excluding hydrogens is 428 g/mol. The van der Waals surface area contributed by atoms with Gasteiger partial charge in [0.25, 0.3) is 5.91 Å². The summed E-state index contributed by atoms with van der Waals surface area (Å²) in [5, 5.41) is 12.0. The van der Waals surface area contributed by atoms with E-state index in [1.54, 1.807) is 12.1 Å². The molecule has 12 nitrogen and oxygen atoms in total. The summed E-state index contributed by atoms with van der Waals surface area (Å²) in [6, 6.07) is 4.71. The van der Waals surface area contributed by atoms with Gasteiger partial charge in [-0.15, -0.1) is 12.4 Å². The largest absolute Gasteiger partial charge is 0.368 e. The van der Waals surface area contributed by atoms with Gasteiger partial charge in [-0.25, -0.2) is 0 Å². The number of hydrogen-bond acceptors (Lipinski definition) is 6. The molecule has 2 aliphatic heterocycles. The van der Waals surface area contributed by atoms with Crippen molar-refractivity contribution in [3.05, 3.63) is 40.3 Å². The molecule has 2 fully saturated rings.